The number of aromatic carboxylic acids is 1. The van der Waals surface area contributed by atoms with Gasteiger partial charge in [0, 0.05) is 0 Å². The highest BCUT2D eigenvalue weighted by molar-refractivity contribution is 5.90. The number of benzene rings is 2. The summed E-state index contributed by atoms with van der Waals surface area (Å²) in [5.74, 6) is -1.24. The van der Waals surface area contributed by atoms with E-state index in [2.05, 4.69) is 6.92 Å². The van der Waals surface area contributed by atoms with Gasteiger partial charge in [-0.05, 0) is 41.8 Å². The number of carbonyl (C=O) groups excluding carboxylic acids is 1. The van der Waals surface area contributed by atoms with Crippen molar-refractivity contribution in [3.63, 3.8) is 0 Å². The van der Waals surface area contributed by atoms with Crippen LogP contribution >= 0.6 is 0 Å². The van der Waals surface area contributed by atoms with E-state index in [-0.39, 0.29) is 11.5 Å². The molecule has 0 atom stereocenters. The first-order valence-corrected chi connectivity index (χ1v) is 9.22. The van der Waals surface area contributed by atoms with Crippen LogP contribution in [0.4, 0.5) is 0 Å². The molecule has 0 aliphatic heterocycles. The molecule has 4 nitrogen and oxygen atoms in total. The average Bonchev–Trinajstić information content (AvgIpc) is 2.67. The van der Waals surface area contributed by atoms with Gasteiger partial charge in [0.15, 0.2) is 0 Å². The fourth-order valence-corrected chi connectivity index (χ4v) is 2.73. The lowest BCUT2D eigenvalue weighted by atomic mass is 10.0. The van der Waals surface area contributed by atoms with E-state index in [1.54, 1.807) is 36.4 Å². The van der Waals surface area contributed by atoms with E-state index in [1.165, 1.54) is 25.7 Å². The van der Waals surface area contributed by atoms with Crippen molar-refractivity contribution < 1.29 is 19.4 Å². The van der Waals surface area contributed by atoms with E-state index >= 15 is 0 Å². The summed E-state index contributed by atoms with van der Waals surface area (Å²) in [6.07, 6.45) is 6.95. The third-order valence-electron chi connectivity index (χ3n) is 4.32. The lowest BCUT2D eigenvalue weighted by Crippen LogP contribution is -2.06. The highest BCUT2D eigenvalue weighted by Crippen LogP contribution is 2.21. The number of ether oxygens (including phenoxy) is 1. The molecule has 138 valence electrons. The Morgan fingerprint density at radius 3 is 1.81 bits per heavy atom. The Bertz CT molecular complexity index is 702. The lowest BCUT2D eigenvalue weighted by Gasteiger charge is -2.07. The molecule has 0 amide bonds. The van der Waals surface area contributed by atoms with E-state index in [1.807, 2.05) is 12.1 Å². The number of carboxylic acids is 1. The Hall–Kier alpha value is -2.62. The Morgan fingerprint density at radius 2 is 1.27 bits per heavy atom. The van der Waals surface area contributed by atoms with E-state index in [4.69, 9.17) is 9.84 Å². The van der Waals surface area contributed by atoms with Gasteiger partial charge in [0.05, 0.1) is 17.7 Å². The van der Waals surface area contributed by atoms with E-state index in [0.29, 0.717) is 12.2 Å². The van der Waals surface area contributed by atoms with Gasteiger partial charge in [-0.1, -0.05) is 63.3 Å². The molecule has 0 bridgehead atoms. The summed E-state index contributed by atoms with van der Waals surface area (Å²) in [6.45, 7) is 2.65. The summed E-state index contributed by atoms with van der Waals surface area (Å²) < 4.78 is 5.32. The van der Waals surface area contributed by atoms with Crippen molar-refractivity contribution in [2.45, 2.75) is 45.4 Å². The molecule has 0 aliphatic rings. The van der Waals surface area contributed by atoms with Crippen molar-refractivity contribution in [3.8, 4) is 11.1 Å². The highest BCUT2D eigenvalue weighted by Gasteiger charge is 2.08. The first-order chi connectivity index (χ1) is 12.6. The number of carboxylic acid groups (broad SMARTS) is 1. The van der Waals surface area contributed by atoms with Gasteiger partial charge < -0.3 is 9.84 Å². The normalized spacial score (nSPS) is 10.5. The minimum atomic E-state index is -0.944. The zero-order valence-corrected chi connectivity index (χ0v) is 15.2. The van der Waals surface area contributed by atoms with E-state index in [0.717, 1.165) is 24.0 Å². The van der Waals surface area contributed by atoms with Gasteiger partial charge >= 0.3 is 11.9 Å². The van der Waals surface area contributed by atoms with Gasteiger partial charge in [-0.15, -0.1) is 0 Å². The Balaban J connectivity index is 1.82. The third kappa shape index (κ3) is 6.03. The van der Waals surface area contributed by atoms with E-state index < -0.39 is 5.97 Å². The minimum Gasteiger partial charge on any atom is -0.478 e. The van der Waals surface area contributed by atoms with Crippen molar-refractivity contribution in [1.82, 2.24) is 0 Å². The van der Waals surface area contributed by atoms with Gasteiger partial charge in [0.2, 0.25) is 0 Å². The number of carbonyl (C=O) groups is 2. The minimum absolute atomic E-state index is 0.253. The standard InChI is InChI=1S/C22H26O4/c1-2-3-4-5-6-7-16-26-22(25)20-14-10-18(11-15-20)17-8-12-19(13-9-17)21(23)24/h8-15H,2-7,16H2,1H3,(H,23,24). The molecule has 0 aromatic heterocycles. The third-order valence-corrected chi connectivity index (χ3v) is 4.32. The van der Waals surface area contributed by atoms with E-state index in [9.17, 15) is 9.59 Å². The van der Waals surface area contributed by atoms with Gasteiger partial charge in [-0.25, -0.2) is 9.59 Å². The zero-order valence-electron chi connectivity index (χ0n) is 15.2. The average molecular weight is 354 g/mol. The van der Waals surface area contributed by atoms with Crippen molar-refractivity contribution in [2.75, 3.05) is 6.61 Å². The van der Waals surface area contributed by atoms with Crippen LogP contribution in [0.3, 0.4) is 0 Å². The van der Waals surface area contributed by atoms with Crippen molar-refractivity contribution in [1.29, 1.82) is 0 Å². The quantitative estimate of drug-likeness (QED) is 0.447. The Labute approximate surface area is 154 Å². The molecule has 0 spiro atoms. The summed E-state index contributed by atoms with van der Waals surface area (Å²) in [6, 6.07) is 13.8. The van der Waals surface area contributed by atoms with Crippen LogP contribution in [0.1, 0.15) is 66.2 Å². The highest BCUT2D eigenvalue weighted by atomic mass is 16.5. The second-order valence-corrected chi connectivity index (χ2v) is 6.36. The predicted molar refractivity (Wildman–Crippen MR) is 102 cm³/mol. The molecular weight excluding hydrogens is 328 g/mol. The van der Waals surface area contributed by atoms with Crippen LogP contribution in [-0.4, -0.2) is 23.7 Å². The summed E-state index contributed by atoms with van der Waals surface area (Å²) in [5.41, 5.74) is 2.61. The molecule has 0 unspecified atom stereocenters. The van der Waals surface area contributed by atoms with Gasteiger partial charge in [0.1, 0.15) is 0 Å². The van der Waals surface area contributed by atoms with Crippen LogP contribution in [-0.2, 0) is 4.74 Å². The molecule has 4 heteroatoms. The molecule has 0 saturated heterocycles. The number of esters is 1. The number of hydrogen-bond donors (Lipinski definition) is 1. The fourth-order valence-electron chi connectivity index (χ4n) is 2.73. The Morgan fingerprint density at radius 1 is 0.769 bits per heavy atom. The van der Waals surface area contributed by atoms with Gasteiger partial charge in [-0.2, -0.15) is 0 Å². The second-order valence-electron chi connectivity index (χ2n) is 6.36. The van der Waals surface area contributed by atoms with Crippen LogP contribution in [0.5, 0.6) is 0 Å². The van der Waals surface area contributed by atoms with Crippen LogP contribution in [0.25, 0.3) is 11.1 Å². The first kappa shape index (κ1) is 19.7. The van der Waals surface area contributed by atoms with Gasteiger partial charge in [0.25, 0.3) is 0 Å². The maximum absolute atomic E-state index is 12.1. The SMILES string of the molecule is CCCCCCCCOC(=O)c1ccc(-c2ccc(C(=O)O)cc2)cc1. The number of unbranched alkanes of at least 4 members (excludes halogenated alkanes) is 5. The number of hydrogen-bond acceptors (Lipinski definition) is 3. The first-order valence-electron chi connectivity index (χ1n) is 9.22. The van der Waals surface area contributed by atoms with Crippen LogP contribution in [0.15, 0.2) is 48.5 Å². The molecule has 0 heterocycles. The monoisotopic (exact) mass is 354 g/mol. The molecule has 0 saturated carbocycles. The Kier molecular flexibility index (Phi) is 7.87. The number of rotatable bonds is 10. The molecule has 1 N–H and O–H groups in total. The predicted octanol–water partition coefficient (Wildman–Crippen LogP) is 5.57. The van der Waals surface area contributed by atoms with Crippen molar-refractivity contribution >= 4 is 11.9 Å². The fraction of sp³-hybridized carbons (Fsp3) is 0.364. The zero-order chi connectivity index (χ0) is 18.8. The largest absolute Gasteiger partial charge is 0.478 e. The van der Waals surface area contributed by atoms with Crippen LogP contribution in [0, 0.1) is 0 Å². The van der Waals surface area contributed by atoms with Crippen LogP contribution in [0.2, 0.25) is 0 Å². The topological polar surface area (TPSA) is 63.6 Å². The van der Waals surface area contributed by atoms with Crippen LogP contribution < -0.4 is 0 Å². The molecule has 0 radical (unpaired) electrons. The molecule has 2 aromatic rings. The summed E-state index contributed by atoms with van der Waals surface area (Å²) in [7, 11) is 0. The smallest absolute Gasteiger partial charge is 0.338 e. The molecule has 2 aromatic carbocycles. The maximum atomic E-state index is 12.1. The van der Waals surface area contributed by atoms with Crippen molar-refractivity contribution in [3.05, 3.63) is 59.7 Å². The van der Waals surface area contributed by atoms with Crippen molar-refractivity contribution in [2.24, 2.45) is 0 Å². The molecular formula is C22H26O4. The summed E-state index contributed by atoms with van der Waals surface area (Å²) >= 11 is 0. The maximum Gasteiger partial charge on any atom is 0.338 e. The summed E-state index contributed by atoms with van der Waals surface area (Å²) in [4.78, 5) is 23.0. The molecule has 0 aliphatic carbocycles. The molecule has 0 fully saturated rings. The van der Waals surface area contributed by atoms with Gasteiger partial charge in [-0.3, -0.25) is 0 Å². The molecule has 2 rings (SSSR count). The summed E-state index contributed by atoms with van der Waals surface area (Å²) in [5, 5.41) is 8.93. The molecule has 26 heavy (non-hydrogen) atoms. The second kappa shape index (κ2) is 10.4. The lowest BCUT2D eigenvalue weighted by molar-refractivity contribution is 0.0497.